The van der Waals surface area contributed by atoms with E-state index >= 15 is 0 Å². The molecule has 7 nitrogen and oxygen atoms in total. The molecule has 1 fully saturated rings. The first-order valence-electron chi connectivity index (χ1n) is 12.4. The number of aliphatic carboxylic acids is 1. The fraction of sp³-hybridized carbons (Fsp3) is 0.464. The van der Waals surface area contributed by atoms with E-state index in [4.69, 9.17) is 9.84 Å². The van der Waals surface area contributed by atoms with Gasteiger partial charge in [0.1, 0.15) is 6.61 Å². The zero-order valence-corrected chi connectivity index (χ0v) is 20.4. The second kappa shape index (κ2) is 10.9. The number of hydrogen-bond acceptors (Lipinski definition) is 4. The SMILES string of the molecule is CC(CN(C)C(=O)CC(NC(=O)OCC1c2ccccc2-c2ccccc21)C1CCCC1)C(=O)O. The molecule has 2 aromatic carbocycles. The number of carboxylic acids is 1. The van der Waals surface area contributed by atoms with Crippen LogP contribution in [0.4, 0.5) is 4.79 Å². The van der Waals surface area contributed by atoms with Gasteiger partial charge in [0.2, 0.25) is 5.91 Å². The Morgan fingerprint density at radius 2 is 1.60 bits per heavy atom. The number of carbonyl (C=O) groups is 3. The molecule has 0 radical (unpaired) electrons. The van der Waals surface area contributed by atoms with Crippen LogP contribution in [0.1, 0.15) is 56.1 Å². The lowest BCUT2D eigenvalue weighted by Gasteiger charge is -2.27. The second-order valence-corrected chi connectivity index (χ2v) is 9.84. The minimum atomic E-state index is -0.936. The lowest BCUT2D eigenvalue weighted by atomic mass is 9.95. The average Bonchev–Trinajstić information content (AvgIpc) is 3.49. The molecule has 2 aliphatic rings. The van der Waals surface area contributed by atoms with Crippen LogP contribution in [0.15, 0.2) is 48.5 Å². The van der Waals surface area contributed by atoms with Crippen LogP contribution in [-0.4, -0.2) is 54.2 Å². The minimum absolute atomic E-state index is 0.0247. The van der Waals surface area contributed by atoms with Crippen molar-refractivity contribution in [3.63, 3.8) is 0 Å². The summed E-state index contributed by atoms with van der Waals surface area (Å²) in [5, 5.41) is 12.1. The summed E-state index contributed by atoms with van der Waals surface area (Å²) in [5.74, 6) is -1.57. The van der Waals surface area contributed by atoms with Crippen LogP contribution in [0.5, 0.6) is 0 Å². The molecule has 1 saturated carbocycles. The van der Waals surface area contributed by atoms with E-state index < -0.39 is 18.0 Å². The number of ether oxygens (including phenoxy) is 1. The van der Waals surface area contributed by atoms with E-state index in [-0.39, 0.29) is 43.4 Å². The normalized spacial score (nSPS) is 16.7. The highest BCUT2D eigenvalue weighted by molar-refractivity contribution is 5.80. The van der Waals surface area contributed by atoms with Crippen molar-refractivity contribution in [3.8, 4) is 11.1 Å². The van der Waals surface area contributed by atoms with Crippen molar-refractivity contribution in [3.05, 3.63) is 59.7 Å². The Kier molecular flexibility index (Phi) is 7.73. The first-order valence-corrected chi connectivity index (χ1v) is 12.4. The van der Waals surface area contributed by atoms with Gasteiger partial charge in [0, 0.05) is 32.0 Å². The lowest BCUT2D eigenvalue weighted by Crippen LogP contribution is -2.44. The molecule has 0 aliphatic heterocycles. The number of hydrogen-bond donors (Lipinski definition) is 2. The number of nitrogens with one attached hydrogen (secondary N) is 1. The van der Waals surface area contributed by atoms with Crippen LogP contribution < -0.4 is 5.32 Å². The number of nitrogens with zero attached hydrogens (tertiary/aromatic N) is 1. The number of benzene rings is 2. The van der Waals surface area contributed by atoms with E-state index in [0.29, 0.717) is 0 Å². The molecule has 2 unspecified atom stereocenters. The second-order valence-electron chi connectivity index (χ2n) is 9.84. The molecule has 35 heavy (non-hydrogen) atoms. The third kappa shape index (κ3) is 5.66. The van der Waals surface area contributed by atoms with Crippen molar-refractivity contribution in [2.24, 2.45) is 11.8 Å². The summed E-state index contributed by atoms with van der Waals surface area (Å²) in [6, 6.07) is 16.1. The molecular formula is C28H34N2O5. The van der Waals surface area contributed by atoms with Crippen molar-refractivity contribution < 1.29 is 24.2 Å². The number of amides is 2. The number of carbonyl (C=O) groups excluding carboxylic acids is 2. The molecule has 0 aromatic heterocycles. The van der Waals surface area contributed by atoms with Crippen LogP contribution in [-0.2, 0) is 14.3 Å². The van der Waals surface area contributed by atoms with Crippen molar-refractivity contribution in [1.82, 2.24) is 10.2 Å². The maximum Gasteiger partial charge on any atom is 0.407 e. The molecule has 186 valence electrons. The van der Waals surface area contributed by atoms with Gasteiger partial charge in [0.05, 0.1) is 5.92 Å². The Balaban J connectivity index is 1.39. The third-order valence-electron chi connectivity index (χ3n) is 7.41. The van der Waals surface area contributed by atoms with Crippen LogP contribution in [0.3, 0.4) is 0 Å². The Morgan fingerprint density at radius 3 is 2.17 bits per heavy atom. The van der Waals surface area contributed by atoms with Gasteiger partial charge in [-0.1, -0.05) is 68.3 Å². The van der Waals surface area contributed by atoms with Crippen LogP contribution >= 0.6 is 0 Å². The quantitative estimate of drug-likeness (QED) is 0.547. The van der Waals surface area contributed by atoms with Gasteiger partial charge in [-0.25, -0.2) is 4.79 Å². The monoisotopic (exact) mass is 478 g/mol. The van der Waals surface area contributed by atoms with Gasteiger partial charge >= 0.3 is 12.1 Å². The molecule has 0 saturated heterocycles. The van der Waals surface area contributed by atoms with E-state index in [1.165, 1.54) is 16.0 Å². The van der Waals surface area contributed by atoms with Crippen LogP contribution in [0.25, 0.3) is 11.1 Å². The summed E-state index contributed by atoms with van der Waals surface area (Å²) in [4.78, 5) is 38.3. The maximum absolute atomic E-state index is 12.9. The standard InChI is InChI=1S/C28H34N2O5/c1-18(27(32)33)16-30(2)26(31)15-25(19-9-3-4-10-19)29-28(34)35-17-24-22-13-7-5-11-20(22)21-12-6-8-14-23(21)24/h5-8,11-14,18-19,24-25H,3-4,9-10,15-17H2,1-2H3,(H,29,34)(H,32,33). The maximum atomic E-state index is 12.9. The highest BCUT2D eigenvalue weighted by Gasteiger charge is 2.32. The van der Waals surface area contributed by atoms with Crippen molar-refractivity contribution >= 4 is 18.0 Å². The highest BCUT2D eigenvalue weighted by atomic mass is 16.5. The number of rotatable bonds is 9. The van der Waals surface area contributed by atoms with E-state index in [1.54, 1.807) is 14.0 Å². The van der Waals surface area contributed by atoms with Gasteiger partial charge in [0.25, 0.3) is 0 Å². The van der Waals surface area contributed by atoms with E-state index in [1.807, 2.05) is 24.3 Å². The topological polar surface area (TPSA) is 95.9 Å². The Hall–Kier alpha value is -3.35. The zero-order chi connectivity index (χ0) is 24.9. The van der Waals surface area contributed by atoms with Gasteiger partial charge in [-0.15, -0.1) is 0 Å². The third-order valence-corrected chi connectivity index (χ3v) is 7.41. The van der Waals surface area contributed by atoms with Gasteiger partial charge in [0.15, 0.2) is 0 Å². The van der Waals surface area contributed by atoms with Gasteiger partial charge in [-0.05, 0) is 41.0 Å². The summed E-state index contributed by atoms with van der Waals surface area (Å²) >= 11 is 0. The Bertz CT molecular complexity index is 1030. The molecule has 7 heteroatoms. The molecule has 0 heterocycles. The first-order chi connectivity index (χ1) is 16.8. The molecule has 2 N–H and O–H groups in total. The molecule has 2 aliphatic carbocycles. The molecule has 0 spiro atoms. The van der Waals surface area contributed by atoms with Crippen LogP contribution in [0, 0.1) is 11.8 Å². The van der Waals surface area contributed by atoms with Crippen molar-refractivity contribution in [2.75, 3.05) is 20.2 Å². The lowest BCUT2D eigenvalue weighted by molar-refractivity contribution is -0.142. The van der Waals surface area contributed by atoms with Crippen LogP contribution in [0.2, 0.25) is 0 Å². The number of alkyl carbamates (subject to hydrolysis) is 1. The average molecular weight is 479 g/mol. The first kappa shape index (κ1) is 24.8. The zero-order valence-electron chi connectivity index (χ0n) is 20.4. The van der Waals surface area contributed by atoms with E-state index in [2.05, 4.69) is 29.6 Å². The predicted molar refractivity (Wildman–Crippen MR) is 133 cm³/mol. The Labute approximate surface area is 206 Å². The summed E-state index contributed by atoms with van der Waals surface area (Å²) in [5.41, 5.74) is 4.65. The smallest absolute Gasteiger partial charge is 0.407 e. The highest BCUT2D eigenvalue weighted by Crippen LogP contribution is 2.44. The number of carboxylic acid groups (broad SMARTS) is 1. The van der Waals surface area contributed by atoms with E-state index in [0.717, 1.165) is 36.8 Å². The molecule has 2 amide bonds. The van der Waals surface area contributed by atoms with Crippen molar-refractivity contribution in [2.45, 2.75) is 51.0 Å². The van der Waals surface area contributed by atoms with Crippen molar-refractivity contribution in [1.29, 1.82) is 0 Å². The van der Waals surface area contributed by atoms with Gasteiger partial charge < -0.3 is 20.1 Å². The Morgan fingerprint density at radius 1 is 1.03 bits per heavy atom. The largest absolute Gasteiger partial charge is 0.481 e. The predicted octanol–water partition coefficient (Wildman–Crippen LogP) is 4.65. The van der Waals surface area contributed by atoms with Gasteiger partial charge in [-0.3, -0.25) is 9.59 Å². The summed E-state index contributed by atoms with van der Waals surface area (Å²) in [6.45, 7) is 1.94. The molecule has 2 aromatic rings. The molecule has 4 rings (SSSR count). The molecule has 0 bridgehead atoms. The van der Waals surface area contributed by atoms with Gasteiger partial charge in [-0.2, -0.15) is 0 Å². The fourth-order valence-corrected chi connectivity index (χ4v) is 5.42. The van der Waals surface area contributed by atoms with E-state index in [9.17, 15) is 14.4 Å². The molecular weight excluding hydrogens is 444 g/mol. The fourth-order valence-electron chi connectivity index (χ4n) is 5.42. The summed E-state index contributed by atoms with van der Waals surface area (Å²) in [6.07, 6.45) is 3.69. The number of fused-ring (bicyclic) bond motifs is 3. The minimum Gasteiger partial charge on any atom is -0.481 e. The summed E-state index contributed by atoms with van der Waals surface area (Å²) in [7, 11) is 1.61. The molecule has 2 atom stereocenters. The summed E-state index contributed by atoms with van der Waals surface area (Å²) < 4.78 is 5.72.